The molecule has 0 amide bonds. The van der Waals surface area contributed by atoms with Crippen LogP contribution >= 0.6 is 0 Å². The van der Waals surface area contributed by atoms with Crippen LogP contribution < -0.4 is 5.73 Å². The Labute approximate surface area is 140 Å². The lowest BCUT2D eigenvalue weighted by Gasteiger charge is -2.21. The molecule has 3 rings (SSSR count). The molecule has 1 atom stereocenters. The number of aryl methyl sites for hydroxylation is 1. The molecule has 1 unspecified atom stereocenters. The Morgan fingerprint density at radius 2 is 1.22 bits per heavy atom. The zero-order valence-electron chi connectivity index (χ0n) is 14.3. The smallest absolute Gasteiger partial charge is 0.0551 e. The first-order chi connectivity index (χ1) is 11.2. The zero-order chi connectivity index (χ0) is 16.1. The maximum absolute atomic E-state index is 6.44. The van der Waals surface area contributed by atoms with Crippen LogP contribution in [-0.4, -0.2) is 0 Å². The second-order valence-corrected chi connectivity index (χ2v) is 7.10. The Morgan fingerprint density at radius 1 is 0.739 bits per heavy atom. The summed E-state index contributed by atoms with van der Waals surface area (Å²) >= 11 is 0. The highest BCUT2D eigenvalue weighted by molar-refractivity contribution is 5.35. The number of hydrogen-bond donors (Lipinski definition) is 1. The van der Waals surface area contributed by atoms with Crippen molar-refractivity contribution in [2.24, 2.45) is 5.73 Å². The van der Waals surface area contributed by atoms with E-state index in [1.165, 1.54) is 67.2 Å². The molecule has 1 heteroatoms. The molecule has 122 valence electrons. The molecule has 23 heavy (non-hydrogen) atoms. The summed E-state index contributed by atoms with van der Waals surface area (Å²) in [5.74, 6) is 0.750. The number of rotatable bonds is 3. The monoisotopic (exact) mass is 307 g/mol. The summed E-state index contributed by atoms with van der Waals surface area (Å²) in [7, 11) is 0. The lowest BCUT2D eigenvalue weighted by atomic mass is 9.85. The van der Waals surface area contributed by atoms with Crippen LogP contribution in [0.2, 0.25) is 0 Å². The summed E-state index contributed by atoms with van der Waals surface area (Å²) in [6.07, 6.45) is 9.72. The maximum atomic E-state index is 6.44. The molecule has 2 aromatic carbocycles. The predicted molar refractivity (Wildman–Crippen MR) is 98.7 cm³/mol. The Bertz CT molecular complexity index is 589. The SMILES string of the molecule is Cc1ccc(C(N)c2ccc(C3CCCCCCC3)cc2)cc1. The van der Waals surface area contributed by atoms with E-state index in [1.807, 2.05) is 0 Å². The third-order valence-electron chi connectivity index (χ3n) is 5.31. The van der Waals surface area contributed by atoms with E-state index in [1.54, 1.807) is 0 Å². The third kappa shape index (κ3) is 4.23. The second-order valence-electron chi connectivity index (χ2n) is 7.10. The molecule has 0 saturated heterocycles. The van der Waals surface area contributed by atoms with Crippen LogP contribution in [0, 0.1) is 6.92 Å². The van der Waals surface area contributed by atoms with Gasteiger partial charge < -0.3 is 5.73 Å². The maximum Gasteiger partial charge on any atom is 0.0551 e. The summed E-state index contributed by atoms with van der Waals surface area (Å²) in [4.78, 5) is 0. The molecule has 2 aromatic rings. The molecule has 0 aromatic heterocycles. The van der Waals surface area contributed by atoms with Crippen molar-refractivity contribution < 1.29 is 0 Å². The Kier molecular flexibility index (Phi) is 5.51. The van der Waals surface area contributed by atoms with Gasteiger partial charge in [0.25, 0.3) is 0 Å². The van der Waals surface area contributed by atoms with Crippen LogP contribution in [0.1, 0.15) is 79.2 Å². The van der Waals surface area contributed by atoms with Crippen molar-refractivity contribution in [3.8, 4) is 0 Å². The van der Waals surface area contributed by atoms with Gasteiger partial charge in [-0.3, -0.25) is 0 Å². The van der Waals surface area contributed by atoms with Crippen molar-refractivity contribution in [1.29, 1.82) is 0 Å². The van der Waals surface area contributed by atoms with Crippen molar-refractivity contribution in [3.05, 3.63) is 70.8 Å². The van der Waals surface area contributed by atoms with Crippen LogP contribution in [0.25, 0.3) is 0 Å². The summed E-state index contributed by atoms with van der Waals surface area (Å²) in [5, 5.41) is 0. The average molecular weight is 307 g/mol. The Morgan fingerprint density at radius 3 is 1.78 bits per heavy atom. The standard InChI is InChI=1S/C22H29N/c1-17-9-11-20(12-10-17)22(23)21-15-13-19(14-16-21)18-7-5-3-2-4-6-8-18/h9-16,18,22H,2-8,23H2,1H3. The highest BCUT2D eigenvalue weighted by Crippen LogP contribution is 2.31. The lowest BCUT2D eigenvalue weighted by Crippen LogP contribution is -2.12. The van der Waals surface area contributed by atoms with E-state index in [-0.39, 0.29) is 6.04 Å². The van der Waals surface area contributed by atoms with E-state index in [9.17, 15) is 0 Å². The summed E-state index contributed by atoms with van der Waals surface area (Å²) in [5.41, 5.74) is 11.6. The largest absolute Gasteiger partial charge is 0.320 e. The molecule has 0 spiro atoms. The molecule has 0 radical (unpaired) electrons. The highest BCUT2D eigenvalue weighted by atomic mass is 14.6. The molecule has 0 heterocycles. The Balaban J connectivity index is 1.71. The van der Waals surface area contributed by atoms with Crippen LogP contribution in [0.15, 0.2) is 48.5 Å². The van der Waals surface area contributed by atoms with Crippen LogP contribution in [0.4, 0.5) is 0 Å². The summed E-state index contributed by atoms with van der Waals surface area (Å²) < 4.78 is 0. The number of benzene rings is 2. The van der Waals surface area contributed by atoms with E-state index < -0.39 is 0 Å². The lowest BCUT2D eigenvalue weighted by molar-refractivity contribution is 0.455. The van der Waals surface area contributed by atoms with Crippen molar-refractivity contribution >= 4 is 0 Å². The van der Waals surface area contributed by atoms with Gasteiger partial charge in [-0.05, 0) is 42.4 Å². The van der Waals surface area contributed by atoms with Crippen molar-refractivity contribution in [1.82, 2.24) is 0 Å². The fourth-order valence-corrected chi connectivity index (χ4v) is 3.73. The molecule has 1 nitrogen and oxygen atoms in total. The zero-order valence-corrected chi connectivity index (χ0v) is 14.3. The van der Waals surface area contributed by atoms with Gasteiger partial charge in [-0.25, -0.2) is 0 Å². The number of nitrogens with two attached hydrogens (primary N) is 1. The van der Waals surface area contributed by atoms with Gasteiger partial charge in [-0.2, -0.15) is 0 Å². The minimum atomic E-state index is -0.0259. The van der Waals surface area contributed by atoms with Crippen LogP contribution in [0.3, 0.4) is 0 Å². The van der Waals surface area contributed by atoms with Crippen molar-refractivity contribution in [2.75, 3.05) is 0 Å². The minimum absolute atomic E-state index is 0.0259. The average Bonchev–Trinajstić information content (AvgIpc) is 2.55. The van der Waals surface area contributed by atoms with E-state index in [0.29, 0.717) is 0 Å². The second kappa shape index (κ2) is 7.79. The molecule has 1 aliphatic carbocycles. The van der Waals surface area contributed by atoms with E-state index in [2.05, 4.69) is 55.5 Å². The molecule has 1 fully saturated rings. The minimum Gasteiger partial charge on any atom is -0.320 e. The van der Waals surface area contributed by atoms with Crippen molar-refractivity contribution in [2.45, 2.75) is 63.8 Å². The molecule has 1 aliphatic rings. The summed E-state index contributed by atoms with van der Waals surface area (Å²) in [6.45, 7) is 2.11. The summed E-state index contributed by atoms with van der Waals surface area (Å²) in [6, 6.07) is 17.6. The van der Waals surface area contributed by atoms with Crippen LogP contribution in [0.5, 0.6) is 0 Å². The Hall–Kier alpha value is -1.60. The van der Waals surface area contributed by atoms with E-state index in [4.69, 9.17) is 5.73 Å². The first-order valence-corrected chi connectivity index (χ1v) is 9.16. The molecule has 0 bridgehead atoms. The topological polar surface area (TPSA) is 26.0 Å². The quantitative estimate of drug-likeness (QED) is 0.754. The van der Waals surface area contributed by atoms with E-state index >= 15 is 0 Å². The van der Waals surface area contributed by atoms with E-state index in [0.717, 1.165) is 5.92 Å². The van der Waals surface area contributed by atoms with Gasteiger partial charge in [-0.15, -0.1) is 0 Å². The molecule has 2 N–H and O–H groups in total. The van der Waals surface area contributed by atoms with Gasteiger partial charge in [0.15, 0.2) is 0 Å². The predicted octanol–water partition coefficient (Wildman–Crippen LogP) is 5.87. The van der Waals surface area contributed by atoms with Crippen LogP contribution in [-0.2, 0) is 0 Å². The van der Waals surface area contributed by atoms with Gasteiger partial charge in [0, 0.05) is 0 Å². The fraction of sp³-hybridized carbons (Fsp3) is 0.455. The fourth-order valence-electron chi connectivity index (χ4n) is 3.73. The van der Waals surface area contributed by atoms with Gasteiger partial charge in [0.1, 0.15) is 0 Å². The van der Waals surface area contributed by atoms with Gasteiger partial charge in [0.2, 0.25) is 0 Å². The van der Waals surface area contributed by atoms with Gasteiger partial charge >= 0.3 is 0 Å². The van der Waals surface area contributed by atoms with Gasteiger partial charge in [0.05, 0.1) is 6.04 Å². The molecular weight excluding hydrogens is 278 g/mol. The molecular formula is C22H29N. The first-order valence-electron chi connectivity index (χ1n) is 9.16. The first kappa shape index (κ1) is 16.3. The highest BCUT2D eigenvalue weighted by Gasteiger charge is 2.14. The third-order valence-corrected chi connectivity index (χ3v) is 5.31. The van der Waals surface area contributed by atoms with Crippen molar-refractivity contribution in [3.63, 3.8) is 0 Å². The molecule has 0 aliphatic heterocycles. The molecule has 1 saturated carbocycles. The normalized spacial score (nSPS) is 18.2. The number of hydrogen-bond acceptors (Lipinski definition) is 1. The van der Waals surface area contributed by atoms with Gasteiger partial charge in [-0.1, -0.05) is 86.2 Å².